The quantitative estimate of drug-likeness (QED) is 0.867. The number of anilines is 1. The summed E-state index contributed by atoms with van der Waals surface area (Å²) in [5.41, 5.74) is 0.610. The minimum Gasteiger partial charge on any atom is -0.338 e. The minimum absolute atomic E-state index is 0.201. The predicted octanol–water partition coefficient (Wildman–Crippen LogP) is 3.05. The molecule has 1 heterocycles. The molecule has 1 aliphatic carbocycles. The fourth-order valence-electron chi connectivity index (χ4n) is 1.83. The highest BCUT2D eigenvalue weighted by atomic mass is 35.5. The molecule has 17 heavy (non-hydrogen) atoms. The van der Waals surface area contributed by atoms with Crippen molar-refractivity contribution >= 4 is 23.3 Å². The van der Waals surface area contributed by atoms with Crippen molar-refractivity contribution in [2.45, 2.75) is 25.7 Å². The Kier molecular flexibility index (Phi) is 4.20. The number of hydrogen-bond donors (Lipinski definition) is 2. The summed E-state index contributed by atoms with van der Waals surface area (Å²) in [4.78, 5) is 15.4. The third-order valence-corrected chi connectivity index (χ3v) is 3.23. The highest BCUT2D eigenvalue weighted by Crippen LogP contribution is 2.28. The number of carbonyl (C=O) groups excluding carboxylic acids is 1. The molecule has 0 aliphatic heterocycles. The number of amides is 2. The van der Waals surface area contributed by atoms with Crippen LogP contribution in [0.3, 0.4) is 0 Å². The van der Waals surface area contributed by atoms with E-state index in [-0.39, 0.29) is 6.03 Å². The van der Waals surface area contributed by atoms with Crippen molar-refractivity contribution in [3.63, 3.8) is 0 Å². The zero-order chi connectivity index (χ0) is 12.1. The summed E-state index contributed by atoms with van der Waals surface area (Å²) in [5, 5.41) is 6.04. The van der Waals surface area contributed by atoms with E-state index in [1.54, 1.807) is 12.3 Å². The average Bonchev–Trinajstić information content (AvgIpc) is 2.22. The molecule has 2 amide bonds. The number of nitrogens with one attached hydrogen (secondary N) is 2. The van der Waals surface area contributed by atoms with Gasteiger partial charge in [-0.15, -0.1) is 0 Å². The summed E-state index contributed by atoms with van der Waals surface area (Å²) >= 11 is 5.77. The lowest BCUT2D eigenvalue weighted by molar-refractivity contribution is 0.247. The van der Waals surface area contributed by atoms with Gasteiger partial charge in [0, 0.05) is 12.7 Å². The van der Waals surface area contributed by atoms with Gasteiger partial charge in [-0.25, -0.2) is 4.79 Å². The first kappa shape index (κ1) is 12.2. The third kappa shape index (κ3) is 3.89. The lowest BCUT2D eigenvalue weighted by atomic mass is 9.83. The van der Waals surface area contributed by atoms with Crippen LogP contribution < -0.4 is 10.6 Å². The molecule has 0 atom stereocenters. The van der Waals surface area contributed by atoms with E-state index in [4.69, 9.17) is 11.6 Å². The SMILES string of the molecule is O=C(NCCC1CCC1)Nc1cncc(Cl)c1. The van der Waals surface area contributed by atoms with Crippen molar-refractivity contribution in [1.29, 1.82) is 0 Å². The van der Waals surface area contributed by atoms with E-state index in [2.05, 4.69) is 15.6 Å². The normalized spacial score (nSPS) is 15.1. The summed E-state index contributed by atoms with van der Waals surface area (Å²) in [6.45, 7) is 0.727. The number of halogens is 1. The standard InChI is InChI=1S/C12H16ClN3O/c13-10-6-11(8-14-7-10)16-12(17)15-5-4-9-2-1-3-9/h6-9H,1-5H2,(H2,15,16,17). The van der Waals surface area contributed by atoms with E-state index in [0.29, 0.717) is 10.7 Å². The van der Waals surface area contributed by atoms with Crippen LogP contribution in [0.1, 0.15) is 25.7 Å². The molecule has 0 radical (unpaired) electrons. The van der Waals surface area contributed by atoms with Crippen LogP contribution in [-0.2, 0) is 0 Å². The molecule has 92 valence electrons. The number of nitrogens with zero attached hydrogens (tertiary/aromatic N) is 1. The number of carbonyl (C=O) groups is 1. The van der Waals surface area contributed by atoms with Crippen LogP contribution in [0.5, 0.6) is 0 Å². The first-order valence-electron chi connectivity index (χ1n) is 5.89. The number of pyridine rings is 1. The Morgan fingerprint density at radius 3 is 2.94 bits per heavy atom. The fraction of sp³-hybridized carbons (Fsp3) is 0.500. The van der Waals surface area contributed by atoms with Gasteiger partial charge < -0.3 is 10.6 Å². The predicted molar refractivity (Wildman–Crippen MR) is 68.2 cm³/mol. The summed E-state index contributed by atoms with van der Waals surface area (Å²) in [7, 11) is 0. The maximum Gasteiger partial charge on any atom is 0.319 e. The van der Waals surface area contributed by atoms with Gasteiger partial charge in [0.1, 0.15) is 0 Å². The number of urea groups is 1. The second kappa shape index (κ2) is 5.87. The average molecular weight is 254 g/mol. The first-order valence-corrected chi connectivity index (χ1v) is 6.27. The lowest BCUT2D eigenvalue weighted by Crippen LogP contribution is -2.31. The van der Waals surface area contributed by atoms with E-state index >= 15 is 0 Å². The number of aromatic nitrogens is 1. The van der Waals surface area contributed by atoms with Crippen LogP contribution >= 0.6 is 11.6 Å². The highest BCUT2D eigenvalue weighted by Gasteiger charge is 2.16. The molecule has 0 unspecified atom stereocenters. The van der Waals surface area contributed by atoms with Crippen molar-refractivity contribution in [3.8, 4) is 0 Å². The van der Waals surface area contributed by atoms with Gasteiger partial charge in [0.25, 0.3) is 0 Å². The largest absolute Gasteiger partial charge is 0.338 e. The van der Waals surface area contributed by atoms with E-state index in [1.165, 1.54) is 25.5 Å². The Morgan fingerprint density at radius 1 is 1.47 bits per heavy atom. The summed E-state index contributed by atoms with van der Waals surface area (Å²) in [6.07, 6.45) is 8.12. The summed E-state index contributed by atoms with van der Waals surface area (Å²) in [6, 6.07) is 1.47. The Hall–Kier alpha value is -1.29. The molecule has 1 aliphatic rings. The van der Waals surface area contributed by atoms with Crippen LogP contribution in [0.4, 0.5) is 10.5 Å². The summed E-state index contributed by atoms with van der Waals surface area (Å²) < 4.78 is 0. The minimum atomic E-state index is -0.201. The first-order chi connectivity index (χ1) is 8.24. The van der Waals surface area contributed by atoms with E-state index < -0.39 is 0 Å². The Balaban J connectivity index is 1.69. The van der Waals surface area contributed by atoms with Gasteiger partial charge in [-0.3, -0.25) is 4.98 Å². The zero-order valence-electron chi connectivity index (χ0n) is 9.58. The third-order valence-electron chi connectivity index (χ3n) is 3.03. The maximum absolute atomic E-state index is 11.5. The molecule has 5 heteroatoms. The molecule has 0 aromatic carbocycles. The molecule has 0 saturated heterocycles. The molecule has 1 saturated carbocycles. The summed E-state index contributed by atoms with van der Waals surface area (Å²) in [5.74, 6) is 0.808. The van der Waals surface area contributed by atoms with Crippen molar-refractivity contribution in [2.24, 2.45) is 5.92 Å². The van der Waals surface area contributed by atoms with Crippen LogP contribution in [0.2, 0.25) is 5.02 Å². The fourth-order valence-corrected chi connectivity index (χ4v) is 2.00. The van der Waals surface area contributed by atoms with Crippen LogP contribution in [0.25, 0.3) is 0 Å². The molecule has 0 spiro atoms. The molecule has 2 N–H and O–H groups in total. The molecular formula is C12H16ClN3O. The van der Waals surface area contributed by atoms with Crippen LogP contribution in [0.15, 0.2) is 18.5 Å². The van der Waals surface area contributed by atoms with E-state index in [0.717, 1.165) is 18.9 Å². The van der Waals surface area contributed by atoms with Gasteiger partial charge in [0.05, 0.1) is 16.9 Å². The number of hydrogen-bond acceptors (Lipinski definition) is 2. The second-order valence-electron chi connectivity index (χ2n) is 4.36. The van der Waals surface area contributed by atoms with Gasteiger partial charge in [-0.05, 0) is 18.4 Å². The molecule has 1 aromatic heterocycles. The second-order valence-corrected chi connectivity index (χ2v) is 4.79. The molecule has 4 nitrogen and oxygen atoms in total. The smallest absolute Gasteiger partial charge is 0.319 e. The van der Waals surface area contributed by atoms with Crippen molar-refractivity contribution < 1.29 is 4.79 Å². The Morgan fingerprint density at radius 2 is 2.29 bits per heavy atom. The van der Waals surface area contributed by atoms with Crippen LogP contribution in [0, 0.1) is 5.92 Å². The van der Waals surface area contributed by atoms with Gasteiger partial charge in [0.2, 0.25) is 0 Å². The molecule has 0 bridgehead atoms. The zero-order valence-corrected chi connectivity index (χ0v) is 10.3. The van der Waals surface area contributed by atoms with Gasteiger partial charge in [0.15, 0.2) is 0 Å². The van der Waals surface area contributed by atoms with Gasteiger partial charge in [-0.1, -0.05) is 30.9 Å². The monoisotopic (exact) mass is 253 g/mol. The number of rotatable bonds is 4. The Labute approximate surface area is 106 Å². The van der Waals surface area contributed by atoms with E-state index in [9.17, 15) is 4.79 Å². The van der Waals surface area contributed by atoms with Crippen molar-refractivity contribution in [3.05, 3.63) is 23.5 Å². The highest BCUT2D eigenvalue weighted by molar-refractivity contribution is 6.30. The van der Waals surface area contributed by atoms with Crippen molar-refractivity contribution in [2.75, 3.05) is 11.9 Å². The molecule has 2 rings (SSSR count). The van der Waals surface area contributed by atoms with Gasteiger partial charge in [-0.2, -0.15) is 0 Å². The molecular weight excluding hydrogens is 238 g/mol. The topological polar surface area (TPSA) is 54.0 Å². The van der Waals surface area contributed by atoms with E-state index in [1.807, 2.05) is 0 Å². The maximum atomic E-state index is 11.5. The Bertz CT molecular complexity index is 393. The van der Waals surface area contributed by atoms with Crippen molar-refractivity contribution in [1.82, 2.24) is 10.3 Å². The molecule has 1 fully saturated rings. The lowest BCUT2D eigenvalue weighted by Gasteiger charge is -2.25. The van der Waals surface area contributed by atoms with Crippen LogP contribution in [-0.4, -0.2) is 17.6 Å². The van der Waals surface area contributed by atoms with Gasteiger partial charge >= 0.3 is 6.03 Å². The molecule has 1 aromatic rings.